The molecule has 1 aliphatic heterocycles. The normalized spacial score (nSPS) is 12.7. The number of benzene rings is 2. The van der Waals surface area contributed by atoms with Crippen LogP contribution in [0.5, 0.6) is 0 Å². The van der Waals surface area contributed by atoms with E-state index < -0.39 is 5.82 Å². The smallest absolute Gasteiger partial charge is 0.131 e. The van der Waals surface area contributed by atoms with Gasteiger partial charge in [0.15, 0.2) is 0 Å². The van der Waals surface area contributed by atoms with Gasteiger partial charge in [0.05, 0.1) is 12.2 Å². The number of nitrogens with one attached hydrogen (secondary N) is 1. The molecule has 43 heavy (non-hydrogen) atoms. The van der Waals surface area contributed by atoms with E-state index in [1.807, 2.05) is 68.0 Å². The molecule has 236 valence electrons. The molecule has 0 fully saturated rings. The highest BCUT2D eigenvalue weighted by atomic mass is 32.2. The van der Waals surface area contributed by atoms with Crippen LogP contribution in [0.1, 0.15) is 97.0 Å². The molecule has 3 aromatic rings. The summed E-state index contributed by atoms with van der Waals surface area (Å²) in [6.45, 7) is 27.1. The molecule has 1 atom stereocenters. The number of dihydropyridines is 1. The Balaban J connectivity index is 0.000000556. The van der Waals surface area contributed by atoms with Crippen molar-refractivity contribution in [3.8, 4) is 0 Å². The second-order valence-corrected chi connectivity index (χ2v) is 13.1. The van der Waals surface area contributed by atoms with Crippen molar-refractivity contribution in [1.29, 1.82) is 0 Å². The van der Waals surface area contributed by atoms with Gasteiger partial charge in [-0.1, -0.05) is 105 Å². The van der Waals surface area contributed by atoms with Crippen molar-refractivity contribution < 1.29 is 8.78 Å². The van der Waals surface area contributed by atoms with Crippen molar-refractivity contribution >= 4 is 38.4 Å². The van der Waals surface area contributed by atoms with E-state index >= 15 is 0 Å². The molecule has 2 heterocycles. The number of aryl methyl sites for hydroxylation is 1. The van der Waals surface area contributed by atoms with Crippen LogP contribution in [0.2, 0.25) is 0 Å². The Kier molecular flexibility index (Phi) is 16.9. The van der Waals surface area contributed by atoms with Crippen molar-refractivity contribution in [2.75, 3.05) is 5.75 Å². The lowest BCUT2D eigenvalue weighted by Crippen LogP contribution is -2.11. The largest absolute Gasteiger partial charge is 0.362 e. The molecule has 1 aliphatic rings. The number of halogens is 2. The number of aromatic nitrogens is 1. The SMILES string of the molecule is C=C1NC=CC=C1c1c(C(=C)C)n(Cc2cc(F)cc(C)c2F)c2ccccc12.C=S(CCC)C(C)C.CC.CCCC. The van der Waals surface area contributed by atoms with Gasteiger partial charge in [-0.3, -0.25) is 0 Å². The predicted octanol–water partition coefficient (Wildman–Crippen LogP) is 11.7. The first kappa shape index (κ1) is 37.8. The van der Waals surface area contributed by atoms with Crippen molar-refractivity contribution in [3.63, 3.8) is 0 Å². The Labute approximate surface area is 263 Å². The van der Waals surface area contributed by atoms with Crippen molar-refractivity contribution in [3.05, 3.63) is 108 Å². The Morgan fingerprint density at radius 3 is 2.16 bits per heavy atom. The molecule has 0 spiro atoms. The van der Waals surface area contributed by atoms with E-state index in [4.69, 9.17) is 0 Å². The first-order valence-corrected chi connectivity index (χ1v) is 17.1. The molecular weight excluding hydrogens is 554 g/mol. The number of para-hydroxylation sites is 1. The lowest BCUT2D eigenvalue weighted by Gasteiger charge is -2.17. The topological polar surface area (TPSA) is 17.0 Å². The first-order valence-electron chi connectivity index (χ1n) is 15.5. The minimum atomic E-state index is -0.440. The molecule has 0 bridgehead atoms. The van der Waals surface area contributed by atoms with Crippen LogP contribution in [0.15, 0.2) is 73.6 Å². The zero-order valence-electron chi connectivity index (χ0n) is 28.0. The second-order valence-electron chi connectivity index (χ2n) is 10.7. The number of fused-ring (bicyclic) bond motifs is 1. The Morgan fingerprint density at radius 2 is 1.65 bits per heavy atom. The monoisotopic (exact) mass is 608 g/mol. The number of rotatable bonds is 8. The summed E-state index contributed by atoms with van der Waals surface area (Å²) in [6.07, 6.45) is 9.68. The van der Waals surface area contributed by atoms with E-state index in [-0.39, 0.29) is 12.4 Å². The average Bonchev–Trinajstić information content (AvgIpc) is 3.31. The zero-order chi connectivity index (χ0) is 32.7. The fourth-order valence-corrected chi connectivity index (χ4v) is 5.46. The number of allylic oxidation sites excluding steroid dienone is 4. The van der Waals surface area contributed by atoms with E-state index in [1.54, 1.807) is 6.92 Å². The molecule has 0 amide bonds. The van der Waals surface area contributed by atoms with Crippen molar-refractivity contribution in [2.24, 2.45) is 0 Å². The number of hydrogen-bond donors (Lipinski definition) is 1. The first-order chi connectivity index (χ1) is 20.5. The van der Waals surface area contributed by atoms with Gasteiger partial charge in [0, 0.05) is 39.5 Å². The zero-order valence-corrected chi connectivity index (χ0v) is 28.9. The van der Waals surface area contributed by atoms with Crippen LogP contribution in [0.3, 0.4) is 0 Å². The summed E-state index contributed by atoms with van der Waals surface area (Å²) in [6, 6.07) is 10.4. The van der Waals surface area contributed by atoms with Crippen LogP contribution in [0.4, 0.5) is 8.78 Å². The van der Waals surface area contributed by atoms with E-state index in [2.05, 4.69) is 59.0 Å². The molecule has 2 nitrogen and oxygen atoms in total. The van der Waals surface area contributed by atoms with Gasteiger partial charge in [0.1, 0.15) is 11.6 Å². The van der Waals surface area contributed by atoms with Gasteiger partial charge in [-0.2, -0.15) is 10.5 Å². The summed E-state index contributed by atoms with van der Waals surface area (Å²) in [5.41, 5.74) is 6.00. The molecule has 1 aromatic heterocycles. The molecule has 2 aromatic carbocycles. The van der Waals surface area contributed by atoms with E-state index in [1.165, 1.54) is 37.1 Å². The summed E-state index contributed by atoms with van der Waals surface area (Å²) < 4.78 is 30.8. The van der Waals surface area contributed by atoms with Crippen LogP contribution in [-0.4, -0.2) is 21.4 Å². The quantitative estimate of drug-likeness (QED) is 0.252. The Bertz CT molecular complexity index is 1440. The van der Waals surface area contributed by atoms with Crippen molar-refractivity contribution in [1.82, 2.24) is 9.88 Å². The maximum atomic E-state index is 14.8. The molecule has 4 rings (SSSR count). The van der Waals surface area contributed by atoms with E-state index in [0.717, 1.165) is 44.3 Å². The highest BCUT2D eigenvalue weighted by Crippen LogP contribution is 2.38. The summed E-state index contributed by atoms with van der Waals surface area (Å²) in [5, 5.41) is 4.96. The van der Waals surface area contributed by atoms with Gasteiger partial charge >= 0.3 is 0 Å². The third kappa shape index (κ3) is 10.5. The van der Waals surface area contributed by atoms with Gasteiger partial charge in [-0.05, 0) is 66.7 Å². The average molecular weight is 609 g/mol. The Morgan fingerprint density at radius 1 is 1.02 bits per heavy atom. The highest BCUT2D eigenvalue weighted by molar-refractivity contribution is 8.14. The van der Waals surface area contributed by atoms with Crippen LogP contribution in [0, 0.1) is 18.6 Å². The molecule has 0 aliphatic carbocycles. The van der Waals surface area contributed by atoms with E-state index in [9.17, 15) is 8.78 Å². The number of unbranched alkanes of at least 4 members (excludes halogenated alkanes) is 1. The van der Waals surface area contributed by atoms with Crippen LogP contribution in [0.25, 0.3) is 22.0 Å². The van der Waals surface area contributed by atoms with Crippen LogP contribution < -0.4 is 5.32 Å². The molecule has 0 saturated heterocycles. The predicted molar refractivity (Wildman–Crippen MR) is 193 cm³/mol. The van der Waals surface area contributed by atoms with Crippen molar-refractivity contribution in [2.45, 2.75) is 93.4 Å². The van der Waals surface area contributed by atoms with Gasteiger partial charge in [0.2, 0.25) is 0 Å². The number of nitrogens with zero attached hydrogens (tertiary/aromatic N) is 1. The fourth-order valence-electron chi connectivity index (χ4n) is 4.47. The summed E-state index contributed by atoms with van der Waals surface area (Å²) in [4.78, 5) is 0. The fraction of sp³-hybridized carbons (Fsp3) is 0.395. The standard InChI is InChI=1S/C25H22F2N2.C7H16S.C4H10.C2H6/c1-15(2)25-23(20-9-7-11-28-17(20)4)21-8-5-6-10-22(21)29(25)14-18-13-19(26)12-16(3)24(18)27;1-5-6-8(4)7(2)3;1-3-4-2;1-2/h5-13,28H,1,4,14H2,2-3H3;7H,4-6H2,1-3H3;3-4H2,1-2H3;1-2H3. The highest BCUT2D eigenvalue weighted by Gasteiger charge is 2.23. The minimum absolute atomic E-state index is 0.205. The maximum Gasteiger partial charge on any atom is 0.131 e. The maximum absolute atomic E-state index is 14.8. The van der Waals surface area contributed by atoms with Gasteiger partial charge in [-0.15, -0.1) is 0 Å². The lowest BCUT2D eigenvalue weighted by atomic mass is 9.96. The summed E-state index contributed by atoms with van der Waals surface area (Å²) >= 11 is 0. The van der Waals surface area contributed by atoms with Gasteiger partial charge in [-0.25, -0.2) is 8.78 Å². The van der Waals surface area contributed by atoms with Gasteiger partial charge < -0.3 is 9.88 Å². The molecule has 0 radical (unpaired) electrons. The van der Waals surface area contributed by atoms with E-state index in [0.29, 0.717) is 21.6 Å². The third-order valence-corrected chi connectivity index (χ3v) is 9.11. The molecular formula is C38H54F2N2S. The van der Waals surface area contributed by atoms with Crippen LogP contribution in [-0.2, 0) is 6.54 Å². The second kappa shape index (κ2) is 19.2. The third-order valence-electron chi connectivity index (χ3n) is 6.84. The summed E-state index contributed by atoms with van der Waals surface area (Å²) in [7, 11) is 0.428. The summed E-state index contributed by atoms with van der Waals surface area (Å²) in [5.74, 6) is 4.53. The molecule has 5 heteroatoms. The molecule has 0 saturated carbocycles. The number of hydrogen-bond acceptors (Lipinski definition) is 1. The molecule has 1 unspecified atom stereocenters. The minimum Gasteiger partial charge on any atom is -0.362 e. The van der Waals surface area contributed by atoms with Gasteiger partial charge in [0.25, 0.3) is 0 Å². The van der Waals surface area contributed by atoms with Crippen LogP contribution >= 0.6 is 10.5 Å². The molecule has 1 N–H and O–H groups in total. The lowest BCUT2D eigenvalue weighted by molar-refractivity contribution is 0.570. The Hall–Kier alpha value is -3.18.